The lowest BCUT2D eigenvalue weighted by Crippen LogP contribution is -2.01. The molecule has 0 radical (unpaired) electrons. The predicted molar refractivity (Wildman–Crippen MR) is 83.3 cm³/mol. The molecule has 0 spiro atoms. The van der Waals surface area contributed by atoms with E-state index in [1.165, 1.54) is 36.0 Å². The molecule has 2 unspecified atom stereocenters. The van der Waals surface area contributed by atoms with E-state index in [4.69, 9.17) is 0 Å². The summed E-state index contributed by atoms with van der Waals surface area (Å²) in [6, 6.07) is 12.3. The zero-order valence-corrected chi connectivity index (χ0v) is 12.3. The van der Waals surface area contributed by atoms with E-state index >= 15 is 0 Å². The number of hydrogen-bond acceptors (Lipinski definition) is 2. The lowest BCUT2D eigenvalue weighted by atomic mass is 10.4. The number of pyridine rings is 2. The molecule has 0 aliphatic rings. The Morgan fingerprint density at radius 2 is 1.22 bits per heavy atom. The van der Waals surface area contributed by atoms with Gasteiger partial charge in [0.25, 0.3) is 0 Å². The SMILES string of the molecule is c1ccc(PCCCCPc2ccccn2)nc1. The molecule has 2 aromatic heterocycles. The molecule has 2 rings (SSSR count). The van der Waals surface area contributed by atoms with Crippen LogP contribution in [-0.2, 0) is 0 Å². The summed E-state index contributed by atoms with van der Waals surface area (Å²) in [5, 5.41) is 0. The molecule has 2 heterocycles. The van der Waals surface area contributed by atoms with Gasteiger partial charge in [-0.3, -0.25) is 9.97 Å². The molecule has 18 heavy (non-hydrogen) atoms. The van der Waals surface area contributed by atoms with Gasteiger partial charge in [0.15, 0.2) is 0 Å². The highest BCUT2D eigenvalue weighted by molar-refractivity contribution is 7.47. The Hall–Kier alpha value is -0.840. The van der Waals surface area contributed by atoms with E-state index in [9.17, 15) is 0 Å². The van der Waals surface area contributed by atoms with Gasteiger partial charge in [0.2, 0.25) is 0 Å². The van der Waals surface area contributed by atoms with Gasteiger partial charge in [-0.2, -0.15) is 0 Å². The number of aromatic nitrogens is 2. The van der Waals surface area contributed by atoms with Crippen LogP contribution in [0.15, 0.2) is 48.8 Å². The lowest BCUT2D eigenvalue weighted by molar-refractivity contribution is 0.904. The largest absolute Gasteiger partial charge is 0.257 e. The normalized spacial score (nSPS) is 11.8. The van der Waals surface area contributed by atoms with Crippen molar-refractivity contribution in [1.29, 1.82) is 0 Å². The summed E-state index contributed by atoms with van der Waals surface area (Å²) in [4.78, 5) is 8.70. The fraction of sp³-hybridized carbons (Fsp3) is 0.286. The van der Waals surface area contributed by atoms with Crippen molar-refractivity contribution >= 4 is 28.0 Å². The molecule has 94 valence electrons. The van der Waals surface area contributed by atoms with E-state index in [2.05, 4.69) is 34.2 Å². The highest BCUT2D eigenvalue weighted by atomic mass is 31.1. The summed E-state index contributed by atoms with van der Waals surface area (Å²) in [5.41, 5.74) is 2.48. The average molecular weight is 276 g/mol. The number of unbranched alkanes of at least 4 members (excludes halogenated alkanes) is 1. The second-order valence-electron chi connectivity index (χ2n) is 3.99. The van der Waals surface area contributed by atoms with Gasteiger partial charge in [-0.15, -0.1) is 0 Å². The zero-order valence-electron chi connectivity index (χ0n) is 10.3. The molecule has 0 bridgehead atoms. The van der Waals surface area contributed by atoms with Crippen LogP contribution in [0.1, 0.15) is 12.8 Å². The van der Waals surface area contributed by atoms with Gasteiger partial charge in [-0.25, -0.2) is 0 Å². The molecular formula is C14H18N2P2. The Kier molecular flexibility index (Phi) is 6.26. The van der Waals surface area contributed by atoms with Crippen molar-refractivity contribution in [2.24, 2.45) is 0 Å². The second kappa shape index (κ2) is 8.29. The third-order valence-electron chi connectivity index (χ3n) is 2.55. The van der Waals surface area contributed by atoms with Gasteiger partial charge >= 0.3 is 0 Å². The summed E-state index contributed by atoms with van der Waals surface area (Å²) >= 11 is 0. The molecule has 0 saturated heterocycles. The van der Waals surface area contributed by atoms with Crippen molar-refractivity contribution < 1.29 is 0 Å². The fourth-order valence-electron chi connectivity index (χ4n) is 1.62. The first-order chi connectivity index (χ1) is 8.95. The first-order valence-electron chi connectivity index (χ1n) is 6.25. The third-order valence-corrected chi connectivity index (χ3v) is 5.07. The van der Waals surface area contributed by atoms with Crippen molar-refractivity contribution in [2.45, 2.75) is 12.8 Å². The first-order valence-corrected chi connectivity index (χ1v) is 8.66. The summed E-state index contributed by atoms with van der Waals surface area (Å²) in [6.45, 7) is 0. The van der Waals surface area contributed by atoms with Crippen LogP contribution in [0.2, 0.25) is 0 Å². The standard InChI is InChI=1S/C14H18N2P2/c1-3-9-15-13(7-1)17-11-5-6-12-18-14-8-2-4-10-16-14/h1-4,7-10,17-18H,5-6,11-12H2. The van der Waals surface area contributed by atoms with Crippen molar-refractivity contribution in [2.75, 3.05) is 12.3 Å². The maximum absolute atomic E-state index is 4.35. The van der Waals surface area contributed by atoms with E-state index in [1.54, 1.807) is 0 Å². The highest BCUT2D eigenvalue weighted by Gasteiger charge is 1.95. The molecule has 2 aromatic rings. The first kappa shape index (κ1) is 13.6. The monoisotopic (exact) mass is 276 g/mol. The molecule has 0 aromatic carbocycles. The molecule has 2 nitrogen and oxygen atoms in total. The molecule has 2 atom stereocenters. The van der Waals surface area contributed by atoms with Crippen molar-refractivity contribution in [3.8, 4) is 0 Å². The molecule has 4 heteroatoms. The third kappa shape index (κ3) is 5.21. The fourth-order valence-corrected chi connectivity index (χ4v) is 3.74. The predicted octanol–water partition coefficient (Wildman–Crippen LogP) is 2.56. The number of nitrogens with zero attached hydrogens (tertiary/aromatic N) is 2. The molecule has 0 aliphatic heterocycles. The molecule has 0 N–H and O–H groups in total. The zero-order chi connectivity index (χ0) is 12.5. The molecule has 0 amide bonds. The number of hydrogen-bond donors (Lipinski definition) is 0. The quantitative estimate of drug-likeness (QED) is 0.574. The topological polar surface area (TPSA) is 25.8 Å². The van der Waals surface area contributed by atoms with Crippen molar-refractivity contribution in [1.82, 2.24) is 9.97 Å². The van der Waals surface area contributed by atoms with Crippen molar-refractivity contribution in [3.63, 3.8) is 0 Å². The molecule has 0 aliphatic carbocycles. The van der Waals surface area contributed by atoms with Crippen LogP contribution in [0, 0.1) is 0 Å². The highest BCUT2D eigenvalue weighted by Crippen LogP contribution is 2.15. The number of rotatable bonds is 7. The van der Waals surface area contributed by atoms with Crippen LogP contribution in [0.4, 0.5) is 0 Å². The molecular weight excluding hydrogens is 258 g/mol. The van der Waals surface area contributed by atoms with E-state index in [0.717, 1.165) is 17.2 Å². The summed E-state index contributed by atoms with van der Waals surface area (Å²) in [6.07, 6.45) is 8.90. The molecule has 0 saturated carbocycles. The van der Waals surface area contributed by atoms with Crippen LogP contribution in [-0.4, -0.2) is 22.3 Å². The maximum atomic E-state index is 4.35. The minimum Gasteiger partial charge on any atom is -0.257 e. The van der Waals surface area contributed by atoms with Crippen LogP contribution in [0.3, 0.4) is 0 Å². The van der Waals surface area contributed by atoms with E-state index in [0.29, 0.717) is 0 Å². The average Bonchev–Trinajstić information content (AvgIpc) is 2.45. The minimum absolute atomic E-state index is 0.859. The summed E-state index contributed by atoms with van der Waals surface area (Å²) in [5.74, 6) is 0. The Morgan fingerprint density at radius 3 is 1.61 bits per heavy atom. The maximum Gasteiger partial charge on any atom is 0.0600 e. The Bertz CT molecular complexity index is 391. The minimum atomic E-state index is 0.859. The van der Waals surface area contributed by atoms with E-state index in [-0.39, 0.29) is 0 Å². The van der Waals surface area contributed by atoms with Crippen LogP contribution in [0.25, 0.3) is 0 Å². The Morgan fingerprint density at radius 1 is 0.722 bits per heavy atom. The van der Waals surface area contributed by atoms with Crippen LogP contribution in [0.5, 0.6) is 0 Å². The summed E-state index contributed by atoms with van der Waals surface area (Å²) < 4.78 is 0. The Labute approximate surface area is 112 Å². The lowest BCUT2D eigenvalue weighted by Gasteiger charge is -2.02. The Balaban J connectivity index is 1.54. The smallest absolute Gasteiger partial charge is 0.0600 e. The van der Waals surface area contributed by atoms with Crippen LogP contribution >= 0.6 is 17.2 Å². The van der Waals surface area contributed by atoms with Gasteiger partial charge in [0.1, 0.15) is 0 Å². The van der Waals surface area contributed by atoms with Gasteiger partial charge < -0.3 is 0 Å². The van der Waals surface area contributed by atoms with Gasteiger partial charge in [0.05, 0.1) is 10.9 Å². The molecule has 0 fully saturated rings. The van der Waals surface area contributed by atoms with Crippen LogP contribution < -0.4 is 10.9 Å². The van der Waals surface area contributed by atoms with E-state index < -0.39 is 0 Å². The summed E-state index contributed by atoms with van der Waals surface area (Å²) in [7, 11) is 1.72. The van der Waals surface area contributed by atoms with Gasteiger partial charge in [-0.1, -0.05) is 29.3 Å². The van der Waals surface area contributed by atoms with Crippen molar-refractivity contribution in [3.05, 3.63) is 48.8 Å². The van der Waals surface area contributed by atoms with Gasteiger partial charge in [-0.05, 0) is 49.4 Å². The second-order valence-corrected chi connectivity index (χ2v) is 6.72. The van der Waals surface area contributed by atoms with E-state index in [1.807, 2.05) is 24.5 Å². The van der Waals surface area contributed by atoms with Gasteiger partial charge in [0, 0.05) is 12.4 Å².